The van der Waals surface area contributed by atoms with Gasteiger partial charge in [0, 0.05) is 5.69 Å². The molecule has 6 heteroatoms. The third-order valence-electron chi connectivity index (χ3n) is 3.73. The van der Waals surface area contributed by atoms with Crippen molar-refractivity contribution in [2.75, 3.05) is 13.7 Å². The SMILES string of the molecule is COC(=O)c1c(C)[nH]c(C(=O)COc2ccccc2C(C)=O)c1C. The van der Waals surface area contributed by atoms with Crippen molar-refractivity contribution < 1.29 is 23.9 Å². The number of esters is 1. The second-order valence-corrected chi connectivity index (χ2v) is 5.38. The minimum atomic E-state index is -0.497. The van der Waals surface area contributed by atoms with Gasteiger partial charge in [-0.15, -0.1) is 0 Å². The van der Waals surface area contributed by atoms with Gasteiger partial charge in [-0.25, -0.2) is 4.79 Å². The molecule has 0 aliphatic rings. The van der Waals surface area contributed by atoms with Crippen molar-refractivity contribution in [3.8, 4) is 5.75 Å². The second kappa shape index (κ2) is 7.12. The van der Waals surface area contributed by atoms with Gasteiger partial charge in [0.15, 0.2) is 12.4 Å². The molecule has 0 saturated carbocycles. The third-order valence-corrected chi connectivity index (χ3v) is 3.73. The number of rotatable bonds is 6. The molecule has 126 valence electrons. The van der Waals surface area contributed by atoms with Gasteiger partial charge in [-0.3, -0.25) is 9.59 Å². The summed E-state index contributed by atoms with van der Waals surface area (Å²) in [6.45, 7) is 4.56. The molecule has 0 bridgehead atoms. The van der Waals surface area contributed by atoms with Crippen LogP contribution in [-0.2, 0) is 4.74 Å². The summed E-state index contributed by atoms with van der Waals surface area (Å²) in [4.78, 5) is 38.6. The number of benzene rings is 1. The predicted octanol–water partition coefficient (Wildman–Crippen LogP) is 2.88. The number of carbonyl (C=O) groups excluding carboxylic acids is 3. The van der Waals surface area contributed by atoms with Crippen molar-refractivity contribution in [3.63, 3.8) is 0 Å². The Morgan fingerprint density at radius 2 is 1.79 bits per heavy atom. The van der Waals surface area contributed by atoms with Gasteiger partial charge in [0.25, 0.3) is 0 Å². The van der Waals surface area contributed by atoms with Crippen LogP contribution in [0.5, 0.6) is 5.75 Å². The summed E-state index contributed by atoms with van der Waals surface area (Å²) >= 11 is 0. The first kappa shape index (κ1) is 17.5. The van der Waals surface area contributed by atoms with E-state index in [1.54, 1.807) is 38.1 Å². The fourth-order valence-electron chi connectivity index (χ4n) is 2.54. The topological polar surface area (TPSA) is 85.5 Å². The second-order valence-electron chi connectivity index (χ2n) is 5.38. The van der Waals surface area contributed by atoms with Crippen molar-refractivity contribution >= 4 is 17.5 Å². The first-order valence-electron chi connectivity index (χ1n) is 7.40. The minimum Gasteiger partial charge on any atom is -0.485 e. The van der Waals surface area contributed by atoms with E-state index in [2.05, 4.69) is 4.98 Å². The molecule has 0 atom stereocenters. The number of ether oxygens (including phenoxy) is 2. The third kappa shape index (κ3) is 3.37. The molecule has 6 nitrogen and oxygen atoms in total. The summed E-state index contributed by atoms with van der Waals surface area (Å²) in [5, 5.41) is 0. The van der Waals surface area contributed by atoms with Gasteiger partial charge < -0.3 is 14.5 Å². The number of aromatic nitrogens is 1. The number of para-hydroxylation sites is 1. The first-order valence-corrected chi connectivity index (χ1v) is 7.40. The smallest absolute Gasteiger partial charge is 0.339 e. The summed E-state index contributed by atoms with van der Waals surface area (Å²) in [7, 11) is 1.29. The van der Waals surface area contributed by atoms with Crippen LogP contribution in [-0.4, -0.2) is 36.2 Å². The number of methoxy groups -OCH3 is 1. The number of carbonyl (C=O) groups is 3. The van der Waals surface area contributed by atoms with Crippen LogP contribution in [0.15, 0.2) is 24.3 Å². The van der Waals surface area contributed by atoms with Crippen molar-refractivity contribution in [1.82, 2.24) is 4.98 Å². The van der Waals surface area contributed by atoms with Crippen LogP contribution in [0.2, 0.25) is 0 Å². The van der Waals surface area contributed by atoms with E-state index >= 15 is 0 Å². The van der Waals surface area contributed by atoms with Gasteiger partial charge >= 0.3 is 5.97 Å². The lowest BCUT2D eigenvalue weighted by molar-refractivity contribution is 0.0599. The number of nitrogens with one attached hydrogen (secondary N) is 1. The number of hydrogen-bond acceptors (Lipinski definition) is 5. The lowest BCUT2D eigenvalue weighted by Gasteiger charge is -2.09. The fourth-order valence-corrected chi connectivity index (χ4v) is 2.54. The molecule has 2 aromatic rings. The number of ketones is 2. The average Bonchev–Trinajstić information content (AvgIpc) is 2.86. The predicted molar refractivity (Wildman–Crippen MR) is 87.9 cm³/mol. The fraction of sp³-hybridized carbons (Fsp3) is 0.278. The van der Waals surface area contributed by atoms with Gasteiger partial charge in [-0.05, 0) is 38.5 Å². The summed E-state index contributed by atoms with van der Waals surface area (Å²) in [6, 6.07) is 6.73. The highest BCUT2D eigenvalue weighted by Crippen LogP contribution is 2.21. The quantitative estimate of drug-likeness (QED) is 0.650. The maximum absolute atomic E-state index is 12.4. The van der Waals surface area contributed by atoms with E-state index in [4.69, 9.17) is 9.47 Å². The van der Waals surface area contributed by atoms with E-state index in [9.17, 15) is 14.4 Å². The van der Waals surface area contributed by atoms with Crippen LogP contribution >= 0.6 is 0 Å². The Morgan fingerprint density at radius 1 is 1.12 bits per heavy atom. The molecular weight excluding hydrogens is 310 g/mol. The molecule has 1 aromatic heterocycles. The molecule has 1 N–H and O–H groups in total. The number of H-pyrrole nitrogens is 1. The Balaban J connectivity index is 2.20. The van der Waals surface area contributed by atoms with E-state index in [0.29, 0.717) is 33.8 Å². The molecule has 0 fully saturated rings. The molecule has 0 saturated heterocycles. The van der Waals surface area contributed by atoms with Gasteiger partial charge in [-0.1, -0.05) is 12.1 Å². The van der Waals surface area contributed by atoms with Gasteiger partial charge in [-0.2, -0.15) is 0 Å². The van der Waals surface area contributed by atoms with Crippen LogP contribution < -0.4 is 4.74 Å². The van der Waals surface area contributed by atoms with Gasteiger partial charge in [0.05, 0.1) is 23.9 Å². The highest BCUT2D eigenvalue weighted by molar-refractivity contribution is 6.02. The molecule has 1 heterocycles. The molecule has 0 radical (unpaired) electrons. The highest BCUT2D eigenvalue weighted by atomic mass is 16.5. The van der Waals surface area contributed by atoms with Crippen LogP contribution in [0.1, 0.15) is 49.4 Å². The standard InChI is InChI=1S/C18H19NO5/c1-10-16(18(22)23-4)11(2)19-17(10)14(21)9-24-15-8-6-5-7-13(15)12(3)20/h5-8,19H,9H2,1-4H3. The zero-order chi connectivity index (χ0) is 17.9. The van der Waals surface area contributed by atoms with E-state index in [1.807, 2.05) is 0 Å². The summed E-state index contributed by atoms with van der Waals surface area (Å²) in [5.41, 5.74) is 2.15. The number of aromatic amines is 1. The Labute approximate surface area is 139 Å². The van der Waals surface area contributed by atoms with Crippen LogP contribution in [0, 0.1) is 13.8 Å². The average molecular weight is 329 g/mol. The lowest BCUT2D eigenvalue weighted by Crippen LogP contribution is -2.14. The Bertz CT molecular complexity index is 804. The minimum absolute atomic E-state index is 0.141. The van der Waals surface area contributed by atoms with Crippen LogP contribution in [0.4, 0.5) is 0 Å². The summed E-state index contributed by atoms with van der Waals surface area (Å²) in [5.74, 6) is -0.599. The van der Waals surface area contributed by atoms with Crippen LogP contribution in [0.25, 0.3) is 0 Å². The van der Waals surface area contributed by atoms with Crippen LogP contribution in [0.3, 0.4) is 0 Å². The molecule has 0 aliphatic carbocycles. The zero-order valence-electron chi connectivity index (χ0n) is 14.1. The number of aryl methyl sites for hydroxylation is 1. The van der Waals surface area contributed by atoms with Crippen molar-refractivity contribution in [2.45, 2.75) is 20.8 Å². The maximum atomic E-state index is 12.4. The van der Waals surface area contributed by atoms with E-state index in [1.165, 1.54) is 14.0 Å². The number of hydrogen-bond donors (Lipinski definition) is 1. The highest BCUT2D eigenvalue weighted by Gasteiger charge is 2.23. The summed E-state index contributed by atoms with van der Waals surface area (Å²) in [6.07, 6.45) is 0. The number of Topliss-reactive ketones (excluding diaryl/α,β-unsaturated/α-hetero) is 2. The Morgan fingerprint density at radius 3 is 2.42 bits per heavy atom. The molecule has 2 rings (SSSR count). The molecule has 0 unspecified atom stereocenters. The normalized spacial score (nSPS) is 10.3. The maximum Gasteiger partial charge on any atom is 0.339 e. The molecule has 0 spiro atoms. The largest absolute Gasteiger partial charge is 0.485 e. The lowest BCUT2D eigenvalue weighted by atomic mass is 10.1. The van der Waals surface area contributed by atoms with E-state index in [0.717, 1.165) is 0 Å². The van der Waals surface area contributed by atoms with Gasteiger partial charge in [0.2, 0.25) is 5.78 Å². The van der Waals surface area contributed by atoms with Crippen molar-refractivity contribution in [1.29, 1.82) is 0 Å². The Hall–Kier alpha value is -2.89. The van der Waals surface area contributed by atoms with E-state index in [-0.39, 0.29) is 18.2 Å². The van der Waals surface area contributed by atoms with Crippen molar-refractivity contribution in [3.05, 3.63) is 52.3 Å². The van der Waals surface area contributed by atoms with E-state index < -0.39 is 5.97 Å². The first-order chi connectivity index (χ1) is 11.4. The molecule has 24 heavy (non-hydrogen) atoms. The molecule has 0 aliphatic heterocycles. The monoisotopic (exact) mass is 329 g/mol. The molecular formula is C18H19NO5. The van der Waals surface area contributed by atoms with Crippen molar-refractivity contribution in [2.24, 2.45) is 0 Å². The molecule has 0 amide bonds. The van der Waals surface area contributed by atoms with Gasteiger partial charge in [0.1, 0.15) is 5.75 Å². The summed E-state index contributed by atoms with van der Waals surface area (Å²) < 4.78 is 10.2. The Kier molecular flexibility index (Phi) is 5.18. The molecule has 1 aromatic carbocycles. The zero-order valence-corrected chi connectivity index (χ0v) is 14.1.